The number of carbonyl (C=O) groups is 2. The van der Waals surface area contributed by atoms with Gasteiger partial charge in [-0.15, -0.1) is 0 Å². The molecule has 7 nitrogen and oxygen atoms in total. The van der Waals surface area contributed by atoms with Gasteiger partial charge >= 0.3 is 0 Å². The molecule has 0 fully saturated rings. The summed E-state index contributed by atoms with van der Waals surface area (Å²) in [4.78, 5) is 28.4. The summed E-state index contributed by atoms with van der Waals surface area (Å²) in [6.45, 7) is 0.633. The lowest BCUT2D eigenvalue weighted by molar-refractivity contribution is -0.133. The van der Waals surface area contributed by atoms with Crippen molar-refractivity contribution in [2.75, 3.05) is 20.6 Å². The highest BCUT2D eigenvalue weighted by atomic mass is 16.2. The smallest absolute Gasteiger partial charge is 0.254 e. The minimum Gasteiger partial charge on any atom is -0.347 e. The van der Waals surface area contributed by atoms with Crippen molar-refractivity contribution in [2.45, 2.75) is 12.6 Å². The molecule has 2 aromatic rings. The molecule has 7 heteroatoms. The molecule has 0 spiro atoms. The van der Waals surface area contributed by atoms with Crippen LogP contribution in [-0.4, -0.2) is 52.0 Å². The normalized spacial score (nSPS) is 16.2. The summed E-state index contributed by atoms with van der Waals surface area (Å²) in [6.07, 6.45) is 1.63. The first-order valence-corrected chi connectivity index (χ1v) is 7.54. The highest BCUT2D eigenvalue weighted by Crippen LogP contribution is 2.23. The van der Waals surface area contributed by atoms with Gasteiger partial charge in [-0.3, -0.25) is 14.3 Å². The van der Waals surface area contributed by atoms with E-state index in [0.29, 0.717) is 17.7 Å². The molecule has 0 saturated heterocycles. The Morgan fingerprint density at radius 3 is 2.83 bits per heavy atom. The topological polar surface area (TPSA) is 82.2 Å². The highest BCUT2D eigenvalue weighted by Gasteiger charge is 2.34. The van der Waals surface area contributed by atoms with Crippen molar-refractivity contribution < 1.29 is 9.59 Å². The Kier molecular flexibility index (Phi) is 4.04. The van der Waals surface area contributed by atoms with Gasteiger partial charge in [0.1, 0.15) is 6.04 Å². The van der Waals surface area contributed by atoms with Gasteiger partial charge in [-0.1, -0.05) is 6.07 Å². The lowest BCUT2D eigenvalue weighted by Gasteiger charge is -2.34. The van der Waals surface area contributed by atoms with Crippen LogP contribution < -0.4 is 0 Å². The molecule has 0 aliphatic carbocycles. The van der Waals surface area contributed by atoms with E-state index in [0.717, 1.165) is 5.69 Å². The van der Waals surface area contributed by atoms with E-state index < -0.39 is 6.04 Å². The molecule has 1 atom stereocenters. The SMILES string of the molecule is CN(C)C(=O)[C@@H]1CN(C(=O)c2cccc(C#N)c2)Cc2ccnn21. The van der Waals surface area contributed by atoms with Gasteiger partial charge in [0.15, 0.2) is 0 Å². The van der Waals surface area contributed by atoms with Crippen LogP contribution in [0.4, 0.5) is 0 Å². The average molecular weight is 323 g/mol. The number of likely N-dealkylation sites (N-methyl/N-ethyl adjacent to an activating group) is 1. The fourth-order valence-corrected chi connectivity index (χ4v) is 2.83. The summed E-state index contributed by atoms with van der Waals surface area (Å²) in [5.41, 5.74) is 1.69. The Morgan fingerprint density at radius 2 is 2.12 bits per heavy atom. The second-order valence-electron chi connectivity index (χ2n) is 5.89. The summed E-state index contributed by atoms with van der Waals surface area (Å²) in [6, 6.07) is 9.88. The number of hydrogen-bond donors (Lipinski definition) is 0. The van der Waals surface area contributed by atoms with Crippen LogP contribution in [0, 0.1) is 11.3 Å². The summed E-state index contributed by atoms with van der Waals surface area (Å²) < 4.78 is 1.68. The molecule has 1 aliphatic heterocycles. The molecule has 2 heterocycles. The fourth-order valence-electron chi connectivity index (χ4n) is 2.83. The van der Waals surface area contributed by atoms with Crippen molar-refractivity contribution in [1.29, 1.82) is 5.26 Å². The predicted octanol–water partition coefficient (Wildman–Crippen LogP) is 1.04. The molecule has 2 amide bonds. The van der Waals surface area contributed by atoms with E-state index >= 15 is 0 Å². The third-order valence-corrected chi connectivity index (χ3v) is 4.05. The summed E-state index contributed by atoms with van der Waals surface area (Å²) in [5, 5.41) is 13.2. The van der Waals surface area contributed by atoms with Gasteiger partial charge < -0.3 is 9.80 Å². The third-order valence-electron chi connectivity index (χ3n) is 4.05. The van der Waals surface area contributed by atoms with Crippen LogP contribution in [0.15, 0.2) is 36.5 Å². The number of amides is 2. The van der Waals surface area contributed by atoms with Gasteiger partial charge in [0, 0.05) is 25.9 Å². The molecule has 24 heavy (non-hydrogen) atoms. The minimum atomic E-state index is -0.540. The molecule has 0 N–H and O–H groups in total. The van der Waals surface area contributed by atoms with Gasteiger partial charge in [0.05, 0.1) is 30.4 Å². The lowest BCUT2D eigenvalue weighted by Crippen LogP contribution is -2.46. The molecule has 0 saturated carbocycles. The maximum absolute atomic E-state index is 12.8. The molecule has 122 valence electrons. The van der Waals surface area contributed by atoms with E-state index in [1.54, 1.807) is 60.2 Å². The van der Waals surface area contributed by atoms with Gasteiger partial charge in [-0.25, -0.2) is 0 Å². The molecule has 0 radical (unpaired) electrons. The van der Waals surface area contributed by atoms with E-state index in [4.69, 9.17) is 5.26 Å². The molecule has 0 bridgehead atoms. The highest BCUT2D eigenvalue weighted by molar-refractivity contribution is 5.95. The number of aromatic nitrogens is 2. The zero-order chi connectivity index (χ0) is 17.3. The summed E-state index contributed by atoms with van der Waals surface area (Å²) in [7, 11) is 3.37. The van der Waals surface area contributed by atoms with E-state index in [2.05, 4.69) is 5.10 Å². The van der Waals surface area contributed by atoms with Gasteiger partial charge in [0.2, 0.25) is 5.91 Å². The van der Waals surface area contributed by atoms with Crippen molar-refractivity contribution in [2.24, 2.45) is 0 Å². The van der Waals surface area contributed by atoms with Crippen molar-refractivity contribution in [3.05, 3.63) is 53.3 Å². The number of benzene rings is 1. The Balaban J connectivity index is 1.91. The first-order chi connectivity index (χ1) is 11.5. The lowest BCUT2D eigenvalue weighted by atomic mass is 10.1. The van der Waals surface area contributed by atoms with Crippen molar-refractivity contribution >= 4 is 11.8 Å². The Labute approximate surface area is 139 Å². The first kappa shape index (κ1) is 15.7. The van der Waals surface area contributed by atoms with Crippen LogP contribution in [0.3, 0.4) is 0 Å². The Bertz CT molecular complexity index is 834. The third kappa shape index (κ3) is 2.74. The second kappa shape index (κ2) is 6.16. The van der Waals surface area contributed by atoms with E-state index in [1.165, 1.54) is 4.90 Å². The Morgan fingerprint density at radius 1 is 1.33 bits per heavy atom. The standard InChI is InChI=1S/C17H17N5O2/c1-20(2)17(24)15-11-21(10-14-6-7-19-22(14)15)16(23)13-5-3-4-12(8-13)9-18/h3-8,15H,10-11H2,1-2H3/t15-/m0/s1. The van der Waals surface area contributed by atoms with Crippen LogP contribution >= 0.6 is 0 Å². The van der Waals surface area contributed by atoms with Gasteiger partial charge in [-0.05, 0) is 24.3 Å². The minimum absolute atomic E-state index is 0.108. The second-order valence-corrected chi connectivity index (χ2v) is 5.89. The molecule has 1 aromatic heterocycles. The predicted molar refractivity (Wildman–Crippen MR) is 85.9 cm³/mol. The van der Waals surface area contributed by atoms with Crippen LogP contribution in [0.5, 0.6) is 0 Å². The molecule has 0 unspecified atom stereocenters. The molecule has 1 aliphatic rings. The maximum atomic E-state index is 12.8. The zero-order valence-electron chi connectivity index (χ0n) is 13.5. The first-order valence-electron chi connectivity index (χ1n) is 7.54. The zero-order valence-corrected chi connectivity index (χ0v) is 13.5. The largest absolute Gasteiger partial charge is 0.347 e. The van der Waals surface area contributed by atoms with E-state index in [1.807, 2.05) is 6.07 Å². The van der Waals surface area contributed by atoms with Crippen LogP contribution in [0.1, 0.15) is 27.7 Å². The number of fused-ring (bicyclic) bond motifs is 1. The van der Waals surface area contributed by atoms with E-state index in [-0.39, 0.29) is 18.4 Å². The van der Waals surface area contributed by atoms with Crippen LogP contribution in [0.2, 0.25) is 0 Å². The van der Waals surface area contributed by atoms with Gasteiger partial charge in [0.25, 0.3) is 5.91 Å². The number of hydrogen-bond acceptors (Lipinski definition) is 4. The average Bonchev–Trinajstić information content (AvgIpc) is 3.08. The maximum Gasteiger partial charge on any atom is 0.254 e. The molecular weight excluding hydrogens is 306 g/mol. The van der Waals surface area contributed by atoms with E-state index in [9.17, 15) is 9.59 Å². The summed E-state index contributed by atoms with van der Waals surface area (Å²) >= 11 is 0. The molecule has 1 aromatic carbocycles. The fraction of sp³-hybridized carbons (Fsp3) is 0.294. The van der Waals surface area contributed by atoms with Crippen molar-refractivity contribution in [3.63, 3.8) is 0 Å². The Hall–Kier alpha value is -3.14. The quantitative estimate of drug-likeness (QED) is 0.827. The summed E-state index contributed by atoms with van der Waals surface area (Å²) in [5.74, 6) is -0.306. The number of rotatable bonds is 2. The monoisotopic (exact) mass is 323 g/mol. The van der Waals surface area contributed by atoms with Crippen molar-refractivity contribution in [3.8, 4) is 6.07 Å². The number of nitrogens with zero attached hydrogens (tertiary/aromatic N) is 5. The van der Waals surface area contributed by atoms with Crippen molar-refractivity contribution in [1.82, 2.24) is 19.6 Å². The number of nitriles is 1. The van der Waals surface area contributed by atoms with Gasteiger partial charge in [-0.2, -0.15) is 10.4 Å². The van der Waals surface area contributed by atoms with Crippen LogP contribution in [-0.2, 0) is 11.3 Å². The van der Waals surface area contributed by atoms with Crippen LogP contribution in [0.25, 0.3) is 0 Å². The molecular formula is C17H17N5O2. The number of carbonyl (C=O) groups excluding carboxylic acids is 2. The molecule has 3 rings (SSSR count).